The highest BCUT2D eigenvalue weighted by Gasteiger charge is 2.33. The van der Waals surface area contributed by atoms with Gasteiger partial charge in [0, 0.05) is 69.1 Å². The first-order valence-corrected chi connectivity index (χ1v) is 17.8. The van der Waals surface area contributed by atoms with Crippen LogP contribution in [0.15, 0.2) is 96.1 Å². The molecule has 0 N–H and O–H groups in total. The Balaban J connectivity index is 1.15. The van der Waals surface area contributed by atoms with Gasteiger partial charge in [0.05, 0.1) is 13.9 Å². The van der Waals surface area contributed by atoms with Crippen LogP contribution in [0.25, 0.3) is 51.8 Å². The lowest BCUT2D eigenvalue weighted by Crippen LogP contribution is -1.99. The fourth-order valence-electron chi connectivity index (χ4n) is 6.06. The summed E-state index contributed by atoms with van der Waals surface area (Å²) in [7, 11) is 0. The Hall–Kier alpha value is -4.86. The molecule has 0 aliphatic heterocycles. The molecule has 230 valence electrons. The van der Waals surface area contributed by atoms with Crippen molar-refractivity contribution in [3.8, 4) is 19.5 Å². The lowest BCUT2D eigenvalue weighted by molar-refractivity contribution is 0.0975. The lowest BCUT2D eigenvalue weighted by Gasteiger charge is -2.03. The van der Waals surface area contributed by atoms with Crippen LogP contribution in [0.4, 0.5) is 0 Å². The number of hydrogen-bond donors (Lipinski definition) is 0. The van der Waals surface area contributed by atoms with E-state index in [4.69, 9.17) is 11.0 Å². The largest absolute Gasteiger partial charge is 0.288 e. The molecule has 0 bridgehead atoms. The third-order valence-electron chi connectivity index (χ3n) is 8.39. The van der Waals surface area contributed by atoms with Crippen molar-refractivity contribution in [2.75, 3.05) is 0 Å². The van der Waals surface area contributed by atoms with Crippen molar-refractivity contribution in [1.82, 2.24) is 0 Å². The van der Waals surface area contributed by atoms with Crippen molar-refractivity contribution >= 4 is 101 Å². The minimum Gasteiger partial charge on any atom is -0.288 e. The van der Waals surface area contributed by atoms with Gasteiger partial charge in [-0.15, -0.1) is 45.3 Å². The summed E-state index contributed by atoms with van der Waals surface area (Å²) in [6.45, 7) is -5.31. The van der Waals surface area contributed by atoms with Crippen molar-refractivity contribution in [3.63, 3.8) is 0 Å². The molecule has 4 heterocycles. The number of benzene rings is 3. The zero-order valence-corrected chi connectivity index (χ0v) is 27.6. The van der Waals surface area contributed by atoms with Crippen molar-refractivity contribution in [2.45, 2.75) is 13.7 Å². The zero-order chi connectivity index (χ0) is 39.6. The van der Waals surface area contributed by atoms with Crippen LogP contribution in [-0.2, 0) is 0 Å². The SMILES string of the molecule is [2H]C(=C1C(=O)c2ccccc2C1=O)c1ccc(-c2cc3c(C([2H])([2H])[2H])c4sc(-c5ccc(C([2H])=C6C(=O)c7ccccc7C6=O)s5)cc4c(C([2H])([2H])[2H])c3s2)s1. The fraction of sp³-hybridized carbons (Fsp3) is 0.0500. The van der Waals surface area contributed by atoms with E-state index in [1.165, 1.54) is 0 Å². The minimum atomic E-state index is -2.65. The summed E-state index contributed by atoms with van der Waals surface area (Å²) in [6, 6.07) is 22.4. The van der Waals surface area contributed by atoms with Crippen LogP contribution in [-0.4, -0.2) is 23.1 Å². The molecule has 4 nitrogen and oxygen atoms in total. The third-order valence-corrected chi connectivity index (χ3v) is 13.1. The average Bonchev–Trinajstić information content (AvgIpc) is 4.00. The van der Waals surface area contributed by atoms with Crippen LogP contribution < -0.4 is 0 Å². The topological polar surface area (TPSA) is 68.3 Å². The molecule has 8 heteroatoms. The molecule has 2 aliphatic carbocycles. The molecular weight excluding hydrogens is 673 g/mol. The predicted octanol–water partition coefficient (Wildman–Crippen LogP) is 11.1. The van der Waals surface area contributed by atoms with E-state index in [-0.39, 0.29) is 76.8 Å². The first kappa shape index (κ1) is 21.9. The summed E-state index contributed by atoms with van der Waals surface area (Å²) < 4.78 is 69.8. The standard InChI is InChI=1S/C40H22O4S4/c1-19-27-17-33(31-13-11-21(45-31)15-29-35(41)23-7-3-4-8-24(23)36(29)42)48-40(27)20(2)28-18-34(47-39(19)28)32-14-12-22(46-32)16-30-37(43)25-9-5-6-10-26(25)38(30)44/h3-18H,1-2H3/i1D3,2D3,15D,16D. The van der Waals surface area contributed by atoms with Crippen molar-refractivity contribution < 1.29 is 30.1 Å². The van der Waals surface area contributed by atoms with Gasteiger partial charge in [0.15, 0.2) is 23.1 Å². The number of ketones is 4. The number of carbonyl (C=O) groups is 4. The molecule has 0 unspecified atom stereocenters. The summed E-state index contributed by atoms with van der Waals surface area (Å²) >= 11 is 4.53. The van der Waals surface area contributed by atoms with Gasteiger partial charge in [-0.2, -0.15) is 0 Å². The molecule has 0 amide bonds. The molecule has 0 fully saturated rings. The fourth-order valence-corrected chi connectivity index (χ4v) is 10.3. The van der Waals surface area contributed by atoms with Gasteiger partial charge in [0.2, 0.25) is 0 Å². The van der Waals surface area contributed by atoms with Crippen molar-refractivity contribution in [3.05, 3.63) is 139 Å². The number of fused-ring (bicyclic) bond motifs is 4. The number of aryl methyl sites for hydroxylation is 2. The summed E-state index contributed by atoms with van der Waals surface area (Å²) in [5.74, 6) is -2.07. The first-order chi connectivity index (χ1) is 26.5. The van der Waals surface area contributed by atoms with Gasteiger partial charge in [0.1, 0.15) is 0 Å². The summed E-state index contributed by atoms with van der Waals surface area (Å²) in [5.41, 5.74) is 0.537. The molecule has 0 spiro atoms. The Morgan fingerprint density at radius 1 is 0.500 bits per heavy atom. The molecule has 9 rings (SSSR count). The van der Waals surface area contributed by atoms with E-state index in [9.17, 15) is 19.2 Å². The van der Waals surface area contributed by atoms with E-state index < -0.39 is 36.8 Å². The first-order valence-electron chi connectivity index (χ1n) is 18.6. The van der Waals surface area contributed by atoms with Crippen molar-refractivity contribution in [1.29, 1.82) is 0 Å². The summed E-state index contributed by atoms with van der Waals surface area (Å²) in [4.78, 5) is 55.4. The van der Waals surface area contributed by atoms with E-state index in [2.05, 4.69) is 0 Å². The van der Waals surface area contributed by atoms with E-state index in [0.29, 0.717) is 29.3 Å². The van der Waals surface area contributed by atoms with Gasteiger partial charge in [-0.3, -0.25) is 19.2 Å². The van der Waals surface area contributed by atoms with E-state index in [1.54, 1.807) is 84.9 Å². The van der Waals surface area contributed by atoms with Crippen LogP contribution in [0.3, 0.4) is 0 Å². The Labute approximate surface area is 302 Å². The van der Waals surface area contributed by atoms with Gasteiger partial charge < -0.3 is 0 Å². The minimum absolute atomic E-state index is 0.00534. The predicted molar refractivity (Wildman–Crippen MR) is 199 cm³/mol. The average molecular weight is 703 g/mol. The highest BCUT2D eigenvalue weighted by molar-refractivity contribution is 7.28. The second-order valence-electron chi connectivity index (χ2n) is 11.2. The molecule has 0 saturated heterocycles. The summed E-state index contributed by atoms with van der Waals surface area (Å²) in [5, 5.41) is 0.520. The summed E-state index contributed by atoms with van der Waals surface area (Å²) in [6.07, 6.45) is 0. The third kappa shape index (κ3) is 4.37. The van der Waals surface area contributed by atoms with Crippen LogP contribution >= 0.6 is 45.3 Å². The Morgan fingerprint density at radius 3 is 1.23 bits per heavy atom. The van der Waals surface area contributed by atoms with E-state index in [1.807, 2.05) is 0 Å². The van der Waals surface area contributed by atoms with Crippen LogP contribution in [0.2, 0.25) is 0 Å². The molecule has 2 aliphatic rings. The van der Waals surface area contributed by atoms with Crippen LogP contribution in [0, 0.1) is 13.7 Å². The van der Waals surface area contributed by atoms with Gasteiger partial charge >= 0.3 is 0 Å². The Morgan fingerprint density at radius 2 is 0.875 bits per heavy atom. The normalized spacial score (nSPS) is 17.1. The van der Waals surface area contributed by atoms with Gasteiger partial charge in [0.25, 0.3) is 0 Å². The molecule has 4 aromatic heterocycles. The monoisotopic (exact) mass is 702 g/mol. The lowest BCUT2D eigenvalue weighted by atomic mass is 10.0. The van der Waals surface area contributed by atoms with E-state index >= 15 is 0 Å². The van der Waals surface area contributed by atoms with Gasteiger partial charge in [-0.25, -0.2) is 0 Å². The molecule has 3 aromatic carbocycles. The molecule has 0 radical (unpaired) electrons. The molecule has 0 saturated carbocycles. The Kier molecular flexibility index (Phi) is 4.94. The highest BCUT2D eigenvalue weighted by Crippen LogP contribution is 2.47. The van der Waals surface area contributed by atoms with Gasteiger partial charge in [-0.1, -0.05) is 48.5 Å². The molecule has 7 aromatic rings. The number of Topliss-reactive ketones (excluding diaryl/α,β-unsaturated/α-hetero) is 4. The number of carbonyl (C=O) groups excluding carboxylic acids is 4. The maximum absolute atomic E-state index is 13.1. The van der Waals surface area contributed by atoms with Crippen molar-refractivity contribution in [2.24, 2.45) is 0 Å². The molecule has 0 atom stereocenters. The molecular formula is C40H22O4S4. The number of allylic oxidation sites excluding steroid dienone is 2. The number of thiophene rings is 4. The highest BCUT2D eigenvalue weighted by atomic mass is 32.1. The van der Waals surface area contributed by atoms with Crippen LogP contribution in [0.5, 0.6) is 0 Å². The maximum Gasteiger partial charge on any atom is 0.197 e. The second-order valence-corrected chi connectivity index (χ2v) is 15.5. The van der Waals surface area contributed by atoms with E-state index in [0.717, 1.165) is 45.3 Å². The van der Waals surface area contributed by atoms with Crippen LogP contribution in [0.1, 0.15) is 73.3 Å². The Bertz CT molecular complexity index is 2670. The number of rotatable bonds is 4. The smallest absolute Gasteiger partial charge is 0.197 e. The maximum atomic E-state index is 13.1. The van der Waals surface area contributed by atoms with Gasteiger partial charge in [-0.05, 0) is 84.1 Å². The second kappa shape index (κ2) is 10.8. The number of hydrogen-bond acceptors (Lipinski definition) is 8. The zero-order valence-electron chi connectivity index (χ0n) is 32.3. The quantitative estimate of drug-likeness (QED) is 0.135. The molecule has 48 heavy (non-hydrogen) atoms.